The van der Waals surface area contributed by atoms with E-state index < -0.39 is 5.41 Å². The van der Waals surface area contributed by atoms with Crippen molar-refractivity contribution >= 4 is 23.3 Å². The number of hydrogen-bond acceptors (Lipinski definition) is 3. The molecule has 0 bridgehead atoms. The van der Waals surface area contributed by atoms with Crippen molar-refractivity contribution in [1.29, 1.82) is 0 Å². The van der Waals surface area contributed by atoms with E-state index >= 15 is 0 Å². The number of nitrogens with one attached hydrogen (secondary N) is 1. The van der Waals surface area contributed by atoms with Crippen LogP contribution in [0, 0.1) is 6.92 Å². The fourth-order valence-corrected chi connectivity index (χ4v) is 4.18. The number of nitrogens with zero attached hydrogens (tertiary/aromatic N) is 3. The van der Waals surface area contributed by atoms with Gasteiger partial charge >= 0.3 is 0 Å². The molecular weight excluding hydrogens is 316 g/mol. The zero-order chi connectivity index (χ0) is 18.1. The van der Waals surface area contributed by atoms with Gasteiger partial charge in [0.15, 0.2) is 0 Å². The van der Waals surface area contributed by atoms with Crippen molar-refractivity contribution in [3.8, 4) is 0 Å². The lowest BCUT2D eigenvalue weighted by Crippen LogP contribution is -2.46. The summed E-state index contributed by atoms with van der Waals surface area (Å²) in [6, 6.07) is 5.90. The van der Waals surface area contributed by atoms with E-state index in [2.05, 4.69) is 10.4 Å². The first-order valence-corrected chi connectivity index (χ1v) is 8.45. The predicted molar refractivity (Wildman–Crippen MR) is 95.8 cm³/mol. The minimum absolute atomic E-state index is 0.0682. The maximum atomic E-state index is 13.4. The maximum absolute atomic E-state index is 13.4. The van der Waals surface area contributed by atoms with E-state index in [0.717, 1.165) is 22.4 Å². The molecular formula is C19H22N4O2. The highest BCUT2D eigenvalue weighted by molar-refractivity contribution is 6.15. The topological polar surface area (TPSA) is 67.2 Å². The van der Waals surface area contributed by atoms with E-state index in [0.29, 0.717) is 5.82 Å². The molecule has 0 saturated carbocycles. The second kappa shape index (κ2) is 4.71. The number of aryl methyl sites for hydroxylation is 1. The molecule has 2 aromatic rings. The summed E-state index contributed by atoms with van der Waals surface area (Å²) in [5, 5.41) is 7.45. The van der Waals surface area contributed by atoms with Crippen molar-refractivity contribution < 1.29 is 9.59 Å². The zero-order valence-corrected chi connectivity index (χ0v) is 15.2. The third-order valence-electron chi connectivity index (χ3n) is 5.25. The average Bonchev–Trinajstić information content (AvgIpc) is 3.03. The summed E-state index contributed by atoms with van der Waals surface area (Å²) in [6.07, 6.45) is 1.85. The van der Waals surface area contributed by atoms with E-state index in [-0.39, 0.29) is 23.8 Å². The Labute approximate surface area is 146 Å². The first-order chi connectivity index (χ1) is 11.7. The van der Waals surface area contributed by atoms with Gasteiger partial charge in [0.1, 0.15) is 11.2 Å². The number of carbonyl (C=O) groups is 2. The van der Waals surface area contributed by atoms with Gasteiger partial charge in [-0.05, 0) is 38.8 Å². The Morgan fingerprint density at radius 3 is 2.60 bits per heavy atom. The quantitative estimate of drug-likeness (QED) is 0.803. The van der Waals surface area contributed by atoms with Crippen LogP contribution in [0.5, 0.6) is 0 Å². The van der Waals surface area contributed by atoms with Crippen molar-refractivity contribution in [1.82, 2.24) is 9.78 Å². The minimum Gasteiger partial charge on any atom is -0.314 e. The third kappa shape index (κ3) is 1.88. The third-order valence-corrected chi connectivity index (χ3v) is 5.25. The molecule has 4 rings (SSSR count). The number of rotatable bonds is 0. The van der Waals surface area contributed by atoms with Gasteiger partial charge in [0.2, 0.25) is 11.8 Å². The summed E-state index contributed by atoms with van der Waals surface area (Å²) in [4.78, 5) is 27.6. The summed E-state index contributed by atoms with van der Waals surface area (Å²) in [6.45, 7) is 8.06. The van der Waals surface area contributed by atoms with Gasteiger partial charge in [0.05, 0.1) is 17.4 Å². The van der Waals surface area contributed by atoms with Crippen LogP contribution in [-0.4, -0.2) is 28.6 Å². The molecule has 2 amide bonds. The smallest absolute Gasteiger partial charge is 0.242 e. The van der Waals surface area contributed by atoms with E-state index in [4.69, 9.17) is 0 Å². The molecule has 2 aliphatic rings. The van der Waals surface area contributed by atoms with Crippen LogP contribution in [0.3, 0.4) is 0 Å². The van der Waals surface area contributed by atoms with Crippen LogP contribution in [-0.2, 0) is 20.5 Å². The molecule has 1 N–H and O–H groups in total. The van der Waals surface area contributed by atoms with E-state index in [1.165, 1.54) is 0 Å². The SMILES string of the molecule is Cc1cccc2c1N(C)C(=O)[C@]21CC(=O)Nc2c1cnn2C(C)(C)C. The predicted octanol–water partition coefficient (Wildman–Crippen LogP) is 2.55. The van der Waals surface area contributed by atoms with Crippen LogP contribution >= 0.6 is 0 Å². The van der Waals surface area contributed by atoms with Gasteiger partial charge in [0, 0.05) is 19.0 Å². The average molecular weight is 338 g/mol. The summed E-state index contributed by atoms with van der Waals surface area (Å²) >= 11 is 0. The highest BCUT2D eigenvalue weighted by Gasteiger charge is 2.56. The molecule has 0 radical (unpaired) electrons. The van der Waals surface area contributed by atoms with Gasteiger partial charge in [-0.1, -0.05) is 18.2 Å². The number of benzene rings is 1. The van der Waals surface area contributed by atoms with Crippen molar-refractivity contribution in [2.45, 2.75) is 45.1 Å². The lowest BCUT2D eigenvalue weighted by Gasteiger charge is -2.33. The minimum atomic E-state index is -0.989. The van der Waals surface area contributed by atoms with Crippen LogP contribution in [0.25, 0.3) is 0 Å². The number of anilines is 2. The molecule has 130 valence electrons. The molecule has 2 aliphatic heterocycles. The Kier molecular flexibility index (Phi) is 2.99. The van der Waals surface area contributed by atoms with E-state index in [1.54, 1.807) is 22.8 Å². The Hall–Kier alpha value is -2.63. The monoisotopic (exact) mass is 338 g/mol. The number of amides is 2. The van der Waals surface area contributed by atoms with Crippen LogP contribution in [0.15, 0.2) is 24.4 Å². The summed E-state index contributed by atoms with van der Waals surface area (Å²) in [7, 11) is 1.78. The second-order valence-corrected chi connectivity index (χ2v) is 7.96. The molecule has 0 saturated heterocycles. The molecule has 3 heterocycles. The van der Waals surface area contributed by atoms with Gasteiger partial charge in [-0.3, -0.25) is 9.59 Å². The van der Waals surface area contributed by atoms with Crippen LogP contribution < -0.4 is 10.2 Å². The number of carbonyl (C=O) groups excluding carboxylic acids is 2. The zero-order valence-electron chi connectivity index (χ0n) is 15.2. The first-order valence-electron chi connectivity index (χ1n) is 8.45. The summed E-state index contributed by atoms with van der Waals surface area (Å²) in [5.41, 5.74) is 2.31. The Balaban J connectivity index is 2.06. The molecule has 0 unspecified atom stereocenters. The lowest BCUT2D eigenvalue weighted by molar-refractivity contribution is -0.126. The molecule has 0 fully saturated rings. The van der Waals surface area contributed by atoms with Gasteiger partial charge in [0.25, 0.3) is 0 Å². The molecule has 6 heteroatoms. The van der Waals surface area contributed by atoms with Gasteiger partial charge in [-0.25, -0.2) is 4.68 Å². The second-order valence-electron chi connectivity index (χ2n) is 7.96. The van der Waals surface area contributed by atoms with Crippen LogP contribution in [0.1, 0.15) is 43.9 Å². The molecule has 1 spiro atoms. The highest BCUT2D eigenvalue weighted by Crippen LogP contribution is 2.52. The Morgan fingerprint density at radius 1 is 1.20 bits per heavy atom. The van der Waals surface area contributed by atoms with Gasteiger partial charge in [-0.2, -0.15) is 5.10 Å². The Bertz CT molecular complexity index is 922. The number of para-hydroxylation sites is 1. The number of hydrogen-bond donors (Lipinski definition) is 1. The Morgan fingerprint density at radius 2 is 1.92 bits per heavy atom. The summed E-state index contributed by atoms with van der Waals surface area (Å²) < 4.78 is 1.79. The van der Waals surface area contributed by atoms with Crippen molar-refractivity contribution in [3.05, 3.63) is 41.1 Å². The van der Waals surface area contributed by atoms with Crippen molar-refractivity contribution in [2.75, 3.05) is 17.3 Å². The highest BCUT2D eigenvalue weighted by atomic mass is 16.2. The van der Waals surface area contributed by atoms with Crippen molar-refractivity contribution in [2.24, 2.45) is 0 Å². The largest absolute Gasteiger partial charge is 0.314 e. The summed E-state index contributed by atoms with van der Waals surface area (Å²) in [5.74, 6) is 0.399. The maximum Gasteiger partial charge on any atom is 0.242 e. The number of aromatic nitrogens is 2. The van der Waals surface area contributed by atoms with Crippen LogP contribution in [0.2, 0.25) is 0 Å². The molecule has 1 aromatic heterocycles. The van der Waals surface area contributed by atoms with Crippen molar-refractivity contribution in [3.63, 3.8) is 0 Å². The fourth-order valence-electron chi connectivity index (χ4n) is 4.18. The first kappa shape index (κ1) is 15.9. The lowest BCUT2D eigenvalue weighted by atomic mass is 9.71. The normalized spacial score (nSPS) is 22.2. The van der Waals surface area contributed by atoms with Gasteiger partial charge in [-0.15, -0.1) is 0 Å². The molecule has 6 nitrogen and oxygen atoms in total. The van der Waals surface area contributed by atoms with Gasteiger partial charge < -0.3 is 10.2 Å². The standard InChI is InChI=1S/C19H22N4O2/c1-11-7-6-8-12-15(11)22(5)17(25)19(12)9-14(24)21-16-13(19)10-20-23(16)18(2,3)4/h6-8,10H,9H2,1-5H3,(H,21,24)/t19-/m1/s1. The molecule has 25 heavy (non-hydrogen) atoms. The van der Waals surface area contributed by atoms with Crippen LogP contribution in [0.4, 0.5) is 11.5 Å². The molecule has 1 aromatic carbocycles. The van der Waals surface area contributed by atoms with E-state index in [1.807, 2.05) is 45.9 Å². The van der Waals surface area contributed by atoms with E-state index in [9.17, 15) is 9.59 Å². The molecule has 1 atom stereocenters. The molecule has 0 aliphatic carbocycles. The number of fused-ring (bicyclic) bond motifs is 4. The number of likely N-dealkylation sites (N-methyl/N-ethyl adjacent to an activating group) is 1. The fraction of sp³-hybridized carbons (Fsp3) is 0.421.